The fraction of sp³-hybridized carbons (Fsp3) is 0.333. The summed E-state index contributed by atoms with van der Waals surface area (Å²) < 4.78 is 54.9. The molecule has 2 aromatic carbocycles. The molecule has 0 fully saturated rings. The molecule has 0 saturated heterocycles. The summed E-state index contributed by atoms with van der Waals surface area (Å²) in [6.07, 6.45) is 0. The van der Waals surface area contributed by atoms with Crippen LogP contribution in [-0.2, 0) is 16.6 Å². The topological polar surface area (TPSA) is 40.6 Å². The van der Waals surface area contributed by atoms with E-state index < -0.39 is 21.7 Å². The van der Waals surface area contributed by atoms with E-state index in [1.54, 1.807) is 25.1 Å². The molecule has 0 aliphatic carbocycles. The number of likely N-dealkylation sites (N-methyl/N-ethyl adjacent to an activating group) is 1. The molecule has 0 atom stereocenters. The maximum Gasteiger partial charge on any atom is 0.243 e. The van der Waals surface area contributed by atoms with Gasteiger partial charge in [0.1, 0.15) is 11.6 Å². The Bertz CT molecular complexity index is 839. The van der Waals surface area contributed by atoms with E-state index in [4.69, 9.17) is 0 Å². The summed E-state index contributed by atoms with van der Waals surface area (Å²) in [5.74, 6) is -1.09. The van der Waals surface area contributed by atoms with E-state index in [2.05, 4.69) is 0 Å². The number of aryl methyl sites for hydroxylation is 1. The van der Waals surface area contributed by atoms with Crippen LogP contribution in [0.25, 0.3) is 0 Å². The summed E-state index contributed by atoms with van der Waals surface area (Å²) >= 11 is 0. The van der Waals surface area contributed by atoms with Crippen LogP contribution in [0.5, 0.6) is 0 Å². The number of halogens is 2. The summed E-state index contributed by atoms with van der Waals surface area (Å²) in [5, 5.41) is 0. The van der Waals surface area contributed by atoms with Crippen LogP contribution in [0, 0.1) is 18.6 Å². The van der Waals surface area contributed by atoms with Gasteiger partial charge >= 0.3 is 0 Å². The van der Waals surface area contributed by atoms with Gasteiger partial charge in [-0.2, -0.15) is 4.31 Å². The van der Waals surface area contributed by atoms with Gasteiger partial charge in [-0.1, -0.05) is 24.3 Å². The molecule has 0 N–H and O–H groups in total. The van der Waals surface area contributed by atoms with E-state index in [1.165, 1.54) is 22.5 Å². The molecule has 25 heavy (non-hydrogen) atoms. The van der Waals surface area contributed by atoms with E-state index >= 15 is 0 Å². The first kappa shape index (κ1) is 19.5. The van der Waals surface area contributed by atoms with Gasteiger partial charge < -0.3 is 4.90 Å². The van der Waals surface area contributed by atoms with Crippen molar-refractivity contribution in [3.05, 3.63) is 65.2 Å². The minimum Gasteiger partial charge on any atom is -0.308 e. The van der Waals surface area contributed by atoms with Crippen molar-refractivity contribution in [3.8, 4) is 0 Å². The SMILES string of the molecule is Cc1ccc(F)cc1S(=O)(=O)N(CCN(C)C)Cc1ccccc1F. The summed E-state index contributed by atoms with van der Waals surface area (Å²) in [7, 11) is -0.323. The van der Waals surface area contributed by atoms with E-state index in [0.717, 1.165) is 6.07 Å². The summed E-state index contributed by atoms with van der Waals surface area (Å²) in [6.45, 7) is 2.13. The molecular weight excluding hydrogens is 346 g/mol. The smallest absolute Gasteiger partial charge is 0.243 e. The number of sulfonamides is 1. The second-order valence-electron chi connectivity index (χ2n) is 6.14. The Labute approximate surface area is 147 Å². The van der Waals surface area contributed by atoms with Crippen molar-refractivity contribution in [2.24, 2.45) is 0 Å². The highest BCUT2D eigenvalue weighted by molar-refractivity contribution is 7.89. The minimum atomic E-state index is -3.96. The third-order valence-corrected chi connectivity index (χ3v) is 5.86. The van der Waals surface area contributed by atoms with Crippen LogP contribution >= 0.6 is 0 Å². The Morgan fingerprint density at radius 1 is 1.00 bits per heavy atom. The normalized spacial score (nSPS) is 12.1. The van der Waals surface area contributed by atoms with E-state index in [0.29, 0.717) is 12.1 Å². The van der Waals surface area contributed by atoms with E-state index in [1.807, 2.05) is 19.0 Å². The Morgan fingerprint density at radius 3 is 2.32 bits per heavy atom. The van der Waals surface area contributed by atoms with Gasteiger partial charge in [-0.05, 0) is 44.8 Å². The van der Waals surface area contributed by atoms with Crippen LogP contribution in [-0.4, -0.2) is 44.8 Å². The molecule has 136 valence electrons. The predicted molar refractivity (Wildman–Crippen MR) is 93.7 cm³/mol. The highest BCUT2D eigenvalue weighted by atomic mass is 32.2. The van der Waals surface area contributed by atoms with Gasteiger partial charge in [0, 0.05) is 25.2 Å². The van der Waals surface area contributed by atoms with Gasteiger partial charge in [0.25, 0.3) is 0 Å². The number of nitrogens with zero attached hydrogens (tertiary/aromatic N) is 2. The Kier molecular flexibility index (Phi) is 6.26. The maximum atomic E-state index is 14.0. The minimum absolute atomic E-state index is 0.0948. The molecule has 7 heteroatoms. The fourth-order valence-electron chi connectivity index (χ4n) is 2.40. The second kappa shape index (κ2) is 8.03. The molecule has 4 nitrogen and oxygen atoms in total. The zero-order valence-corrected chi connectivity index (χ0v) is 15.4. The molecule has 0 aliphatic heterocycles. The molecule has 0 saturated carbocycles. The van der Waals surface area contributed by atoms with Crippen molar-refractivity contribution >= 4 is 10.0 Å². The molecule has 0 spiro atoms. The molecule has 0 unspecified atom stereocenters. The van der Waals surface area contributed by atoms with Crippen molar-refractivity contribution in [2.75, 3.05) is 27.2 Å². The highest BCUT2D eigenvalue weighted by Crippen LogP contribution is 2.23. The first-order valence-electron chi connectivity index (χ1n) is 7.86. The van der Waals surface area contributed by atoms with Crippen molar-refractivity contribution in [1.29, 1.82) is 0 Å². The van der Waals surface area contributed by atoms with E-state index in [9.17, 15) is 17.2 Å². The van der Waals surface area contributed by atoms with Crippen LogP contribution in [0.2, 0.25) is 0 Å². The first-order chi connectivity index (χ1) is 11.7. The van der Waals surface area contributed by atoms with Gasteiger partial charge in [-0.25, -0.2) is 17.2 Å². The van der Waals surface area contributed by atoms with Crippen LogP contribution in [0.15, 0.2) is 47.4 Å². The molecule has 0 aliphatic rings. The largest absolute Gasteiger partial charge is 0.308 e. The molecule has 0 aromatic heterocycles. The van der Waals surface area contributed by atoms with Gasteiger partial charge in [0.2, 0.25) is 10.0 Å². The van der Waals surface area contributed by atoms with E-state index in [-0.39, 0.29) is 23.5 Å². The molecule has 0 radical (unpaired) electrons. The lowest BCUT2D eigenvalue weighted by atomic mass is 10.2. The predicted octanol–water partition coefficient (Wildman–Crippen LogP) is 3.03. The second-order valence-corrected chi connectivity index (χ2v) is 8.05. The lowest BCUT2D eigenvalue weighted by Crippen LogP contribution is -2.36. The van der Waals surface area contributed by atoms with Gasteiger partial charge in [0.05, 0.1) is 4.90 Å². The van der Waals surface area contributed by atoms with Crippen LogP contribution < -0.4 is 0 Å². The Hall–Kier alpha value is -1.83. The Morgan fingerprint density at radius 2 is 1.68 bits per heavy atom. The lowest BCUT2D eigenvalue weighted by molar-refractivity contribution is 0.326. The third kappa shape index (κ3) is 4.84. The van der Waals surface area contributed by atoms with Gasteiger partial charge in [0.15, 0.2) is 0 Å². The average Bonchev–Trinajstić information content (AvgIpc) is 2.54. The number of rotatable bonds is 7. The van der Waals surface area contributed by atoms with Gasteiger partial charge in [-0.15, -0.1) is 0 Å². The average molecular weight is 368 g/mol. The third-order valence-electron chi connectivity index (χ3n) is 3.87. The fourth-order valence-corrected chi connectivity index (χ4v) is 4.05. The number of hydrogen-bond donors (Lipinski definition) is 0. The standard InChI is InChI=1S/C18H22F2N2O2S/c1-14-8-9-16(19)12-18(14)25(23,24)22(11-10-21(2)3)13-15-6-4-5-7-17(15)20/h4-9,12H,10-11,13H2,1-3H3. The molecule has 0 amide bonds. The lowest BCUT2D eigenvalue weighted by Gasteiger charge is -2.25. The van der Waals surface area contributed by atoms with Crippen molar-refractivity contribution < 1.29 is 17.2 Å². The summed E-state index contributed by atoms with van der Waals surface area (Å²) in [5.41, 5.74) is 0.726. The van der Waals surface area contributed by atoms with Crippen LogP contribution in [0.3, 0.4) is 0 Å². The highest BCUT2D eigenvalue weighted by Gasteiger charge is 2.27. The summed E-state index contributed by atoms with van der Waals surface area (Å²) in [6, 6.07) is 9.70. The summed E-state index contributed by atoms with van der Waals surface area (Å²) in [4.78, 5) is 1.74. The van der Waals surface area contributed by atoms with Gasteiger partial charge in [-0.3, -0.25) is 0 Å². The molecule has 2 aromatic rings. The maximum absolute atomic E-state index is 14.0. The van der Waals surface area contributed by atoms with Crippen LogP contribution in [0.1, 0.15) is 11.1 Å². The molecule has 0 heterocycles. The number of benzene rings is 2. The molecular formula is C18H22F2N2O2S. The monoisotopic (exact) mass is 368 g/mol. The molecule has 0 bridgehead atoms. The number of hydrogen-bond acceptors (Lipinski definition) is 3. The zero-order valence-electron chi connectivity index (χ0n) is 14.5. The van der Waals surface area contributed by atoms with Crippen molar-refractivity contribution in [3.63, 3.8) is 0 Å². The Balaban J connectivity index is 2.43. The van der Waals surface area contributed by atoms with Crippen LogP contribution in [0.4, 0.5) is 8.78 Å². The quantitative estimate of drug-likeness (QED) is 0.754. The van der Waals surface area contributed by atoms with Crippen molar-refractivity contribution in [2.45, 2.75) is 18.4 Å². The molecule has 2 rings (SSSR count). The first-order valence-corrected chi connectivity index (χ1v) is 9.30. The zero-order chi connectivity index (χ0) is 18.6. The van der Waals surface area contributed by atoms with Crippen molar-refractivity contribution in [1.82, 2.24) is 9.21 Å².